The van der Waals surface area contributed by atoms with Crippen LogP contribution in [-0.4, -0.2) is 57.1 Å². The van der Waals surface area contributed by atoms with Crippen molar-refractivity contribution >= 4 is 30.6 Å². The van der Waals surface area contributed by atoms with Gasteiger partial charge in [-0.3, -0.25) is 0 Å². The fourth-order valence-electron chi connectivity index (χ4n) is 6.06. The van der Waals surface area contributed by atoms with Gasteiger partial charge in [-0.25, -0.2) is 9.59 Å². The van der Waals surface area contributed by atoms with Crippen molar-refractivity contribution in [3.05, 3.63) is 109 Å². The van der Waals surface area contributed by atoms with Crippen molar-refractivity contribution < 1.29 is 33.0 Å². The Labute approximate surface area is 281 Å². The molecule has 5 atom stereocenters. The molecule has 47 heavy (non-hydrogen) atoms. The maximum Gasteiger partial charge on any atom is 0.338 e. The van der Waals surface area contributed by atoms with Crippen LogP contribution in [0.4, 0.5) is 0 Å². The summed E-state index contributed by atoms with van der Waals surface area (Å²) in [6, 6.07) is 29.9. The second-order valence-electron chi connectivity index (χ2n) is 13.5. The van der Waals surface area contributed by atoms with Crippen LogP contribution in [0.5, 0.6) is 0 Å². The van der Waals surface area contributed by atoms with Crippen LogP contribution in [0.15, 0.2) is 103 Å². The summed E-state index contributed by atoms with van der Waals surface area (Å²) in [4.78, 5) is 25.2. The molecule has 0 aromatic heterocycles. The summed E-state index contributed by atoms with van der Waals surface area (Å²) < 4.78 is 31.7. The predicted octanol–water partition coefficient (Wildman–Crippen LogP) is 6.99. The highest BCUT2D eigenvalue weighted by Crippen LogP contribution is 2.40. The molecule has 4 rings (SSSR count). The van der Waals surface area contributed by atoms with Gasteiger partial charge < -0.3 is 23.4 Å². The molecule has 7 nitrogen and oxygen atoms in total. The standard InChI is InChI=1S/C39H50O7Si/c1-28(2)42-36(40)26-18-17-19-29(3)43-38-35(45-37(41)31-20-11-8-12-21-31)27-34(30(4)44-38)46-47(39(5,6)7,32-22-13-9-14-23-32)33-24-15-10-16-25-33/h8-16,18,20-26,28-30,34-35,38H,17,19,27H2,1-7H3/b26-18+/t29-,30-,34-,35-,38-/m1/s1. The number of carbonyl (C=O) groups excluding carboxylic acids is 2. The van der Waals surface area contributed by atoms with E-state index in [0.717, 1.165) is 0 Å². The maximum absolute atomic E-state index is 13.4. The lowest BCUT2D eigenvalue weighted by Crippen LogP contribution is -2.69. The van der Waals surface area contributed by atoms with Gasteiger partial charge in [-0.2, -0.15) is 0 Å². The van der Waals surface area contributed by atoms with Crippen molar-refractivity contribution in [2.75, 3.05) is 0 Å². The molecule has 0 radical (unpaired) electrons. The van der Waals surface area contributed by atoms with E-state index in [1.807, 2.05) is 58.0 Å². The molecule has 0 amide bonds. The minimum absolute atomic E-state index is 0.167. The van der Waals surface area contributed by atoms with Crippen LogP contribution in [0, 0.1) is 0 Å². The number of carbonyl (C=O) groups is 2. The number of esters is 2. The van der Waals surface area contributed by atoms with E-state index in [9.17, 15) is 9.59 Å². The minimum atomic E-state index is -2.91. The monoisotopic (exact) mass is 658 g/mol. The van der Waals surface area contributed by atoms with Gasteiger partial charge in [0.05, 0.1) is 30.0 Å². The molecule has 3 aromatic carbocycles. The molecular weight excluding hydrogens is 609 g/mol. The summed E-state index contributed by atoms with van der Waals surface area (Å²) in [7, 11) is -2.91. The third-order valence-electron chi connectivity index (χ3n) is 8.37. The fourth-order valence-corrected chi connectivity index (χ4v) is 10.8. The average Bonchev–Trinajstić information content (AvgIpc) is 3.04. The molecule has 1 aliphatic heterocycles. The quantitative estimate of drug-likeness (QED) is 0.111. The lowest BCUT2D eigenvalue weighted by molar-refractivity contribution is -0.270. The Kier molecular flexibility index (Phi) is 12.7. The van der Waals surface area contributed by atoms with Crippen LogP contribution in [0.1, 0.15) is 78.1 Å². The lowest BCUT2D eigenvalue weighted by Gasteiger charge is -2.48. The van der Waals surface area contributed by atoms with E-state index in [0.29, 0.717) is 24.8 Å². The number of benzene rings is 3. The first-order chi connectivity index (χ1) is 22.4. The molecule has 3 aromatic rings. The van der Waals surface area contributed by atoms with Gasteiger partial charge in [0.1, 0.15) is 0 Å². The third kappa shape index (κ3) is 9.51. The van der Waals surface area contributed by atoms with Crippen LogP contribution in [0.2, 0.25) is 5.04 Å². The molecule has 8 heteroatoms. The first-order valence-corrected chi connectivity index (χ1v) is 18.5. The molecule has 0 saturated carbocycles. The number of allylic oxidation sites excluding steroid dienone is 1. The highest BCUT2D eigenvalue weighted by atomic mass is 28.4. The van der Waals surface area contributed by atoms with Gasteiger partial charge in [-0.1, -0.05) is 106 Å². The summed E-state index contributed by atoms with van der Waals surface area (Å²) in [6.07, 6.45) is 2.28. The van der Waals surface area contributed by atoms with Crippen LogP contribution >= 0.6 is 0 Å². The number of ether oxygens (including phenoxy) is 4. The van der Waals surface area contributed by atoms with Gasteiger partial charge in [0.15, 0.2) is 12.4 Å². The molecule has 0 aliphatic carbocycles. The largest absolute Gasteiger partial charge is 0.460 e. The van der Waals surface area contributed by atoms with Gasteiger partial charge in [0, 0.05) is 12.5 Å². The van der Waals surface area contributed by atoms with Crippen molar-refractivity contribution in [1.82, 2.24) is 0 Å². The Hall–Kier alpha value is -3.56. The number of hydrogen-bond acceptors (Lipinski definition) is 7. The molecule has 0 N–H and O–H groups in total. The average molecular weight is 659 g/mol. The van der Waals surface area contributed by atoms with E-state index in [1.165, 1.54) is 16.4 Å². The molecule has 252 valence electrons. The van der Waals surface area contributed by atoms with Crippen molar-refractivity contribution in [2.24, 2.45) is 0 Å². The van der Waals surface area contributed by atoms with Crippen LogP contribution in [-0.2, 0) is 28.2 Å². The molecule has 0 spiro atoms. The van der Waals surface area contributed by atoms with E-state index < -0.39 is 26.7 Å². The van der Waals surface area contributed by atoms with Crippen LogP contribution in [0.25, 0.3) is 0 Å². The van der Waals surface area contributed by atoms with Crippen molar-refractivity contribution in [3.8, 4) is 0 Å². The fraction of sp³-hybridized carbons (Fsp3) is 0.436. The predicted molar refractivity (Wildman–Crippen MR) is 187 cm³/mol. The van der Waals surface area contributed by atoms with E-state index in [2.05, 4.69) is 69.3 Å². The zero-order valence-electron chi connectivity index (χ0n) is 28.8. The molecule has 0 bridgehead atoms. The van der Waals surface area contributed by atoms with Crippen LogP contribution < -0.4 is 10.4 Å². The summed E-state index contributed by atoms with van der Waals surface area (Å²) in [6.45, 7) is 14.3. The third-order valence-corrected chi connectivity index (χ3v) is 13.4. The van der Waals surface area contributed by atoms with Gasteiger partial charge in [-0.05, 0) is 68.1 Å². The van der Waals surface area contributed by atoms with Crippen LogP contribution in [0.3, 0.4) is 0 Å². The first-order valence-electron chi connectivity index (χ1n) is 16.6. The minimum Gasteiger partial charge on any atom is -0.460 e. The highest BCUT2D eigenvalue weighted by Gasteiger charge is 2.53. The molecule has 1 fully saturated rings. The molecular formula is C39H50O7Si. The zero-order chi connectivity index (χ0) is 34.0. The zero-order valence-corrected chi connectivity index (χ0v) is 29.8. The second-order valence-corrected chi connectivity index (χ2v) is 17.7. The van der Waals surface area contributed by atoms with E-state index >= 15 is 0 Å². The smallest absolute Gasteiger partial charge is 0.338 e. The second kappa shape index (κ2) is 16.5. The Morgan fingerprint density at radius 2 is 1.43 bits per heavy atom. The Balaban J connectivity index is 1.59. The lowest BCUT2D eigenvalue weighted by atomic mass is 10.0. The molecule has 1 heterocycles. The maximum atomic E-state index is 13.4. The first kappa shape index (κ1) is 36.3. The van der Waals surface area contributed by atoms with Crippen molar-refractivity contribution in [2.45, 2.75) is 110 Å². The van der Waals surface area contributed by atoms with Gasteiger partial charge in [0.2, 0.25) is 0 Å². The SMILES string of the molecule is CC(C)OC(=O)/C=C/CC[C@@H](C)O[C@@H]1O[C@H](C)[C@H](O[Si](c2ccccc2)(c2ccccc2)C(C)(C)C)C[C@H]1OC(=O)c1ccccc1. The Morgan fingerprint density at radius 3 is 1.96 bits per heavy atom. The van der Waals surface area contributed by atoms with Crippen molar-refractivity contribution in [3.63, 3.8) is 0 Å². The summed E-state index contributed by atoms with van der Waals surface area (Å²) in [5.74, 6) is -0.802. The number of hydrogen-bond donors (Lipinski definition) is 0. The van der Waals surface area contributed by atoms with E-state index in [-0.39, 0.29) is 35.4 Å². The van der Waals surface area contributed by atoms with Gasteiger partial charge in [-0.15, -0.1) is 0 Å². The summed E-state index contributed by atoms with van der Waals surface area (Å²) >= 11 is 0. The van der Waals surface area contributed by atoms with E-state index in [4.69, 9.17) is 23.4 Å². The van der Waals surface area contributed by atoms with Gasteiger partial charge in [0.25, 0.3) is 8.32 Å². The van der Waals surface area contributed by atoms with E-state index in [1.54, 1.807) is 18.2 Å². The Bertz CT molecular complexity index is 1400. The topological polar surface area (TPSA) is 80.3 Å². The molecule has 1 aliphatic rings. The molecule has 1 saturated heterocycles. The summed E-state index contributed by atoms with van der Waals surface area (Å²) in [5, 5.41) is 2.10. The van der Waals surface area contributed by atoms with Crippen molar-refractivity contribution in [1.29, 1.82) is 0 Å². The normalized spacial score (nSPS) is 21.0. The number of rotatable bonds is 13. The summed E-state index contributed by atoms with van der Waals surface area (Å²) in [5.41, 5.74) is 0.459. The van der Waals surface area contributed by atoms with Gasteiger partial charge >= 0.3 is 11.9 Å². The Morgan fingerprint density at radius 1 is 0.872 bits per heavy atom. The molecule has 0 unspecified atom stereocenters. The highest BCUT2D eigenvalue weighted by molar-refractivity contribution is 6.99.